The fourth-order valence-electron chi connectivity index (χ4n) is 3.21. The molecule has 94 valence electrons. The smallest absolute Gasteiger partial charge is 0.0787 e. The fraction of sp³-hybridized carbons (Fsp3) is 1.00. The lowest BCUT2D eigenvalue weighted by atomic mass is 9.70. The number of ether oxygens (including phenoxy) is 1. The summed E-state index contributed by atoms with van der Waals surface area (Å²) in [5.74, 6) is 0. The molecule has 1 saturated carbocycles. The van der Waals surface area contributed by atoms with Gasteiger partial charge in [-0.15, -0.1) is 0 Å². The second-order valence-electron chi connectivity index (χ2n) is 7.27. The first-order valence-electron chi connectivity index (χ1n) is 6.66. The van der Waals surface area contributed by atoms with Gasteiger partial charge in [0.25, 0.3) is 0 Å². The number of rotatable bonds is 3. The van der Waals surface area contributed by atoms with Gasteiger partial charge in [-0.2, -0.15) is 0 Å². The zero-order valence-corrected chi connectivity index (χ0v) is 11.5. The van der Waals surface area contributed by atoms with Gasteiger partial charge in [-0.05, 0) is 52.4 Å². The molecule has 2 rings (SSSR count). The van der Waals surface area contributed by atoms with Crippen LogP contribution in [0.3, 0.4) is 0 Å². The molecule has 2 aliphatic rings. The van der Waals surface area contributed by atoms with Gasteiger partial charge in [-0.3, -0.25) is 0 Å². The Labute approximate surface area is 100 Å². The van der Waals surface area contributed by atoms with E-state index in [-0.39, 0.29) is 11.2 Å². The Morgan fingerprint density at radius 1 is 1.12 bits per heavy atom. The standard InChI is InChI=1S/C14H27NO/c1-12(2)9-11(13(3,4)16-12)15-10-14(5)7-6-8-14/h11,15H,6-10H2,1-5H3. The highest BCUT2D eigenvalue weighted by atomic mass is 16.5. The SMILES string of the molecule is CC1(CNC2CC(C)(C)OC2(C)C)CCC1. The van der Waals surface area contributed by atoms with E-state index in [0.29, 0.717) is 11.5 Å². The molecule has 1 aliphatic heterocycles. The monoisotopic (exact) mass is 225 g/mol. The van der Waals surface area contributed by atoms with Gasteiger partial charge in [0.2, 0.25) is 0 Å². The molecule has 2 fully saturated rings. The third-order valence-corrected chi connectivity index (χ3v) is 4.41. The van der Waals surface area contributed by atoms with Crippen molar-refractivity contribution in [2.45, 2.75) is 77.5 Å². The topological polar surface area (TPSA) is 21.3 Å². The first-order valence-corrected chi connectivity index (χ1v) is 6.66. The zero-order chi connectivity index (χ0) is 12.0. The van der Waals surface area contributed by atoms with Crippen molar-refractivity contribution < 1.29 is 4.74 Å². The lowest BCUT2D eigenvalue weighted by molar-refractivity contribution is -0.0705. The minimum Gasteiger partial charge on any atom is -0.368 e. The zero-order valence-electron chi connectivity index (χ0n) is 11.5. The Morgan fingerprint density at radius 2 is 1.75 bits per heavy atom. The summed E-state index contributed by atoms with van der Waals surface area (Å²) in [6, 6.07) is 0.500. The highest BCUT2D eigenvalue weighted by Gasteiger charge is 2.46. The van der Waals surface area contributed by atoms with Crippen LogP contribution in [0.5, 0.6) is 0 Å². The molecule has 0 spiro atoms. The van der Waals surface area contributed by atoms with Crippen molar-refractivity contribution in [3.8, 4) is 0 Å². The quantitative estimate of drug-likeness (QED) is 0.797. The Bertz CT molecular complexity index is 266. The number of nitrogens with one attached hydrogen (secondary N) is 1. The van der Waals surface area contributed by atoms with Gasteiger partial charge in [0.15, 0.2) is 0 Å². The van der Waals surface area contributed by atoms with Gasteiger partial charge < -0.3 is 10.1 Å². The maximum absolute atomic E-state index is 6.10. The summed E-state index contributed by atoms with van der Waals surface area (Å²) in [7, 11) is 0. The van der Waals surface area contributed by atoms with Crippen LogP contribution in [0.2, 0.25) is 0 Å². The normalized spacial score (nSPS) is 34.7. The molecule has 1 heterocycles. The Balaban J connectivity index is 1.89. The van der Waals surface area contributed by atoms with Gasteiger partial charge >= 0.3 is 0 Å². The molecule has 1 unspecified atom stereocenters. The van der Waals surface area contributed by atoms with Gasteiger partial charge in [-0.25, -0.2) is 0 Å². The van der Waals surface area contributed by atoms with E-state index < -0.39 is 0 Å². The number of hydrogen-bond acceptors (Lipinski definition) is 2. The molecule has 0 bridgehead atoms. The van der Waals surface area contributed by atoms with Crippen molar-refractivity contribution in [2.24, 2.45) is 5.41 Å². The largest absolute Gasteiger partial charge is 0.368 e. The summed E-state index contributed by atoms with van der Waals surface area (Å²) < 4.78 is 6.10. The van der Waals surface area contributed by atoms with Crippen LogP contribution < -0.4 is 5.32 Å². The second-order valence-corrected chi connectivity index (χ2v) is 7.27. The van der Waals surface area contributed by atoms with E-state index in [2.05, 4.69) is 39.9 Å². The first-order chi connectivity index (χ1) is 7.23. The molecule has 1 atom stereocenters. The molecule has 1 saturated heterocycles. The predicted octanol–water partition coefficient (Wildman–Crippen LogP) is 3.11. The Kier molecular flexibility index (Phi) is 2.87. The van der Waals surface area contributed by atoms with Crippen LogP contribution in [-0.2, 0) is 4.74 Å². The lowest BCUT2D eigenvalue weighted by Crippen LogP contribution is -2.48. The molecule has 0 aromatic rings. The van der Waals surface area contributed by atoms with E-state index in [9.17, 15) is 0 Å². The van der Waals surface area contributed by atoms with Crippen molar-refractivity contribution in [3.63, 3.8) is 0 Å². The fourth-order valence-corrected chi connectivity index (χ4v) is 3.21. The average Bonchev–Trinajstić information content (AvgIpc) is 2.27. The van der Waals surface area contributed by atoms with Crippen LogP contribution in [0.4, 0.5) is 0 Å². The molecule has 2 nitrogen and oxygen atoms in total. The van der Waals surface area contributed by atoms with E-state index in [1.54, 1.807) is 0 Å². The molecular formula is C14H27NO. The van der Waals surface area contributed by atoms with Crippen LogP contribution in [-0.4, -0.2) is 23.8 Å². The van der Waals surface area contributed by atoms with E-state index in [0.717, 1.165) is 13.0 Å². The van der Waals surface area contributed by atoms with Gasteiger partial charge in [-0.1, -0.05) is 13.3 Å². The summed E-state index contributed by atoms with van der Waals surface area (Å²) in [5, 5.41) is 3.74. The Morgan fingerprint density at radius 3 is 2.12 bits per heavy atom. The van der Waals surface area contributed by atoms with Gasteiger partial charge in [0.05, 0.1) is 11.2 Å². The highest BCUT2D eigenvalue weighted by Crippen LogP contribution is 2.41. The summed E-state index contributed by atoms with van der Waals surface area (Å²) in [5.41, 5.74) is 0.564. The predicted molar refractivity (Wildman–Crippen MR) is 67.6 cm³/mol. The maximum Gasteiger partial charge on any atom is 0.0787 e. The second kappa shape index (κ2) is 3.71. The maximum atomic E-state index is 6.10. The molecule has 16 heavy (non-hydrogen) atoms. The minimum absolute atomic E-state index is 0.0242. The minimum atomic E-state index is -0.0242. The van der Waals surface area contributed by atoms with Crippen LogP contribution in [0.15, 0.2) is 0 Å². The molecule has 0 aromatic heterocycles. The van der Waals surface area contributed by atoms with E-state index in [4.69, 9.17) is 4.74 Å². The molecule has 0 radical (unpaired) electrons. The molecule has 1 aliphatic carbocycles. The molecule has 0 amide bonds. The van der Waals surface area contributed by atoms with Crippen LogP contribution in [0.25, 0.3) is 0 Å². The van der Waals surface area contributed by atoms with Crippen molar-refractivity contribution in [2.75, 3.05) is 6.54 Å². The van der Waals surface area contributed by atoms with Gasteiger partial charge in [0, 0.05) is 12.6 Å². The Hall–Kier alpha value is -0.0800. The molecule has 0 aromatic carbocycles. The lowest BCUT2D eigenvalue weighted by Gasteiger charge is -2.40. The van der Waals surface area contributed by atoms with Crippen molar-refractivity contribution in [1.29, 1.82) is 0 Å². The van der Waals surface area contributed by atoms with Crippen molar-refractivity contribution in [3.05, 3.63) is 0 Å². The summed E-state index contributed by atoms with van der Waals surface area (Å²) in [6.45, 7) is 12.4. The average molecular weight is 225 g/mol. The van der Waals surface area contributed by atoms with Crippen LogP contribution >= 0.6 is 0 Å². The van der Waals surface area contributed by atoms with Crippen molar-refractivity contribution >= 4 is 0 Å². The van der Waals surface area contributed by atoms with Crippen LogP contribution in [0, 0.1) is 5.41 Å². The third-order valence-electron chi connectivity index (χ3n) is 4.41. The van der Waals surface area contributed by atoms with E-state index in [1.807, 2.05) is 0 Å². The number of hydrogen-bond donors (Lipinski definition) is 1. The van der Waals surface area contributed by atoms with E-state index in [1.165, 1.54) is 19.3 Å². The molecule has 2 heteroatoms. The van der Waals surface area contributed by atoms with Crippen molar-refractivity contribution in [1.82, 2.24) is 5.32 Å². The van der Waals surface area contributed by atoms with Gasteiger partial charge in [0.1, 0.15) is 0 Å². The van der Waals surface area contributed by atoms with E-state index >= 15 is 0 Å². The highest BCUT2D eigenvalue weighted by molar-refractivity contribution is 5.00. The summed E-state index contributed by atoms with van der Waals surface area (Å²) in [4.78, 5) is 0. The first kappa shape index (κ1) is 12.4. The summed E-state index contributed by atoms with van der Waals surface area (Å²) >= 11 is 0. The molecular weight excluding hydrogens is 198 g/mol. The third kappa shape index (κ3) is 2.43. The van der Waals surface area contributed by atoms with Crippen LogP contribution in [0.1, 0.15) is 60.3 Å². The summed E-state index contributed by atoms with van der Waals surface area (Å²) in [6.07, 6.45) is 5.30. The molecule has 1 N–H and O–H groups in total.